The second-order valence-electron chi connectivity index (χ2n) is 2.12. The van der Waals surface area contributed by atoms with Crippen molar-refractivity contribution in [1.29, 1.82) is 0 Å². The Bertz CT molecular complexity index is 281. The van der Waals surface area contributed by atoms with Gasteiger partial charge in [0.15, 0.2) is 5.75 Å². The second kappa shape index (κ2) is 5.61. The number of phenols is 1. The van der Waals surface area contributed by atoms with Gasteiger partial charge < -0.3 is 21.3 Å². The Kier molecular flexibility index (Phi) is 6.27. The first-order valence-corrected chi connectivity index (χ1v) is 3.07. The molecule has 4 nitrogen and oxygen atoms in total. The van der Waals surface area contributed by atoms with Gasteiger partial charge in [0.05, 0.1) is 12.8 Å². The zero-order valence-corrected chi connectivity index (χ0v) is 8.61. The fraction of sp³-hybridized carbons (Fsp3) is 0.143. The zero-order valence-electron chi connectivity index (χ0n) is 6.98. The Morgan fingerprint density at radius 2 is 1.77 bits per heavy atom. The Balaban J connectivity index is 0. The normalized spacial score (nSPS) is 8.08. The lowest BCUT2D eigenvalue weighted by molar-refractivity contribution is 0.413. The van der Waals surface area contributed by atoms with Crippen molar-refractivity contribution in [3.63, 3.8) is 0 Å². The molecule has 1 aromatic carbocycles. The monoisotopic (exact) mass is 226 g/mol. The Morgan fingerprint density at radius 1 is 1.23 bits per heavy atom. The minimum atomic E-state index is -0.0175. The highest BCUT2D eigenvalue weighted by molar-refractivity contribution is 5.85. The van der Waals surface area contributed by atoms with Crippen LogP contribution in [0.2, 0.25) is 0 Å². The van der Waals surface area contributed by atoms with Gasteiger partial charge in [-0.05, 0) is 12.1 Å². The van der Waals surface area contributed by atoms with Gasteiger partial charge in [0, 0.05) is 0 Å². The third-order valence-electron chi connectivity index (χ3n) is 1.41. The van der Waals surface area contributed by atoms with Crippen molar-refractivity contribution < 1.29 is 9.84 Å². The lowest BCUT2D eigenvalue weighted by Crippen LogP contribution is -1.97. The molecule has 0 aliphatic heterocycles. The maximum absolute atomic E-state index is 9.10. The number of ether oxygens (including phenoxy) is 1. The van der Waals surface area contributed by atoms with Crippen LogP contribution in [-0.4, -0.2) is 12.2 Å². The highest BCUT2D eigenvalue weighted by Crippen LogP contribution is 2.35. The van der Waals surface area contributed by atoms with E-state index in [1.807, 2.05) is 0 Å². The molecule has 1 aromatic rings. The Labute approximate surface area is 88.7 Å². The first-order valence-electron chi connectivity index (χ1n) is 3.07. The van der Waals surface area contributed by atoms with Gasteiger partial charge in [-0.15, -0.1) is 24.8 Å². The van der Waals surface area contributed by atoms with E-state index in [1.54, 1.807) is 0 Å². The van der Waals surface area contributed by atoms with E-state index in [4.69, 9.17) is 21.3 Å². The van der Waals surface area contributed by atoms with E-state index in [1.165, 1.54) is 19.2 Å². The van der Waals surface area contributed by atoms with E-state index in [9.17, 15) is 0 Å². The predicted octanol–water partition coefficient (Wildman–Crippen LogP) is 1.41. The number of halogens is 2. The number of nitrogens with two attached hydrogens (primary N) is 2. The molecule has 0 bridgehead atoms. The van der Waals surface area contributed by atoms with Crippen molar-refractivity contribution in [1.82, 2.24) is 0 Å². The summed E-state index contributed by atoms with van der Waals surface area (Å²) in [7, 11) is 1.45. The number of hydrogen-bond acceptors (Lipinski definition) is 4. The number of nitrogen functional groups attached to an aromatic ring is 2. The molecule has 0 heterocycles. The molecule has 0 amide bonds. The highest BCUT2D eigenvalue weighted by Gasteiger charge is 2.07. The van der Waals surface area contributed by atoms with Crippen LogP contribution in [0.4, 0.5) is 11.4 Å². The van der Waals surface area contributed by atoms with Gasteiger partial charge in [-0.3, -0.25) is 0 Å². The molecule has 0 unspecified atom stereocenters. The smallest absolute Gasteiger partial charge is 0.168 e. The van der Waals surface area contributed by atoms with E-state index >= 15 is 0 Å². The topological polar surface area (TPSA) is 81.5 Å². The number of methoxy groups -OCH3 is 1. The van der Waals surface area contributed by atoms with Crippen molar-refractivity contribution in [2.24, 2.45) is 0 Å². The van der Waals surface area contributed by atoms with Crippen molar-refractivity contribution in [3.8, 4) is 11.5 Å². The summed E-state index contributed by atoms with van der Waals surface area (Å²) in [4.78, 5) is 0. The lowest BCUT2D eigenvalue weighted by atomic mass is 10.2. The van der Waals surface area contributed by atoms with Gasteiger partial charge in [-0.25, -0.2) is 0 Å². The first kappa shape index (κ1) is 14.5. The summed E-state index contributed by atoms with van der Waals surface area (Å²) in [6, 6.07) is 2.96. The fourth-order valence-corrected chi connectivity index (χ4v) is 0.834. The second-order valence-corrected chi connectivity index (χ2v) is 2.12. The largest absolute Gasteiger partial charge is 0.506 e. The average molecular weight is 227 g/mol. The predicted molar refractivity (Wildman–Crippen MR) is 58.0 cm³/mol. The van der Waals surface area contributed by atoms with Crippen LogP contribution in [0.15, 0.2) is 12.1 Å². The molecule has 0 aromatic heterocycles. The minimum Gasteiger partial charge on any atom is -0.506 e. The van der Waals surface area contributed by atoms with Gasteiger partial charge in [0.2, 0.25) is 0 Å². The van der Waals surface area contributed by atoms with Crippen LogP contribution in [0, 0.1) is 0 Å². The van der Waals surface area contributed by atoms with Crippen LogP contribution in [0.3, 0.4) is 0 Å². The molecule has 0 aliphatic rings. The van der Waals surface area contributed by atoms with E-state index in [-0.39, 0.29) is 36.3 Å². The number of benzene rings is 1. The van der Waals surface area contributed by atoms with Crippen LogP contribution < -0.4 is 16.2 Å². The quantitative estimate of drug-likeness (QED) is 0.385. The molecule has 0 spiro atoms. The molecule has 76 valence electrons. The van der Waals surface area contributed by atoms with E-state index in [2.05, 4.69) is 0 Å². The summed E-state index contributed by atoms with van der Waals surface area (Å²) in [5.41, 5.74) is 11.5. The van der Waals surface area contributed by atoms with Crippen LogP contribution >= 0.6 is 24.8 Å². The molecule has 6 heteroatoms. The van der Waals surface area contributed by atoms with Crippen LogP contribution in [0.25, 0.3) is 0 Å². The van der Waals surface area contributed by atoms with E-state index < -0.39 is 0 Å². The fourth-order valence-electron chi connectivity index (χ4n) is 0.834. The number of phenolic OH excluding ortho intramolecular Hbond substituents is 1. The SMILES string of the molecule is COc1c(N)ccc(O)c1N.Cl.Cl. The maximum Gasteiger partial charge on any atom is 0.168 e. The summed E-state index contributed by atoms with van der Waals surface area (Å²) >= 11 is 0. The third kappa shape index (κ3) is 2.75. The highest BCUT2D eigenvalue weighted by atomic mass is 35.5. The number of anilines is 2. The molecule has 0 atom stereocenters. The molecular formula is C7H12Cl2N2O2. The van der Waals surface area contributed by atoms with Gasteiger partial charge in [-0.2, -0.15) is 0 Å². The van der Waals surface area contributed by atoms with Crippen molar-refractivity contribution in [3.05, 3.63) is 12.1 Å². The van der Waals surface area contributed by atoms with Gasteiger partial charge in [-0.1, -0.05) is 0 Å². The summed E-state index contributed by atoms with van der Waals surface area (Å²) in [6.07, 6.45) is 0. The zero-order chi connectivity index (χ0) is 8.43. The number of rotatable bonds is 1. The van der Waals surface area contributed by atoms with Crippen LogP contribution in [0.5, 0.6) is 11.5 Å². The molecular weight excluding hydrogens is 215 g/mol. The Hall–Kier alpha value is -1.000. The lowest BCUT2D eigenvalue weighted by Gasteiger charge is -2.07. The van der Waals surface area contributed by atoms with Gasteiger partial charge >= 0.3 is 0 Å². The summed E-state index contributed by atoms with van der Waals surface area (Å²) in [6.45, 7) is 0. The minimum absolute atomic E-state index is 0. The molecule has 0 radical (unpaired) electrons. The summed E-state index contributed by atoms with van der Waals surface area (Å²) in [5.74, 6) is 0.307. The van der Waals surface area contributed by atoms with Crippen molar-refractivity contribution in [2.45, 2.75) is 0 Å². The first-order chi connectivity index (χ1) is 5.16. The van der Waals surface area contributed by atoms with Crippen molar-refractivity contribution >= 4 is 36.2 Å². The molecule has 0 fully saturated rings. The van der Waals surface area contributed by atoms with Gasteiger partial charge in [0.25, 0.3) is 0 Å². The Morgan fingerprint density at radius 3 is 2.15 bits per heavy atom. The van der Waals surface area contributed by atoms with Crippen LogP contribution in [0.1, 0.15) is 0 Å². The number of aromatic hydroxyl groups is 1. The van der Waals surface area contributed by atoms with Gasteiger partial charge in [0.1, 0.15) is 11.4 Å². The maximum atomic E-state index is 9.10. The van der Waals surface area contributed by atoms with E-state index in [0.29, 0.717) is 11.4 Å². The molecule has 5 N–H and O–H groups in total. The van der Waals surface area contributed by atoms with Crippen molar-refractivity contribution in [2.75, 3.05) is 18.6 Å². The molecule has 1 rings (SSSR count). The molecule has 13 heavy (non-hydrogen) atoms. The molecule has 0 aliphatic carbocycles. The molecule has 0 saturated heterocycles. The number of hydrogen-bond donors (Lipinski definition) is 3. The average Bonchev–Trinajstić information content (AvgIpc) is 1.99. The van der Waals surface area contributed by atoms with Crippen LogP contribution in [-0.2, 0) is 0 Å². The standard InChI is InChI=1S/C7H10N2O2.2ClH/c1-11-7-4(8)2-3-5(10)6(7)9;;/h2-3,10H,8-9H2,1H3;2*1H. The summed E-state index contributed by atoms with van der Waals surface area (Å²) < 4.78 is 4.85. The van der Waals surface area contributed by atoms with E-state index in [0.717, 1.165) is 0 Å². The summed E-state index contributed by atoms with van der Waals surface area (Å²) in [5, 5.41) is 9.10. The molecule has 0 saturated carbocycles. The third-order valence-corrected chi connectivity index (χ3v) is 1.41.